The second-order valence-electron chi connectivity index (χ2n) is 7.38. The van der Waals surface area contributed by atoms with Gasteiger partial charge in [0.05, 0.1) is 0 Å². The van der Waals surface area contributed by atoms with E-state index in [1.54, 1.807) is 4.90 Å². The molecule has 0 saturated carbocycles. The lowest BCUT2D eigenvalue weighted by molar-refractivity contribution is -0.125. The molecule has 1 fully saturated rings. The van der Waals surface area contributed by atoms with E-state index in [1.807, 2.05) is 59.5 Å². The third-order valence-corrected chi connectivity index (χ3v) is 5.55. The standard InChI is InChI=1S/C23H25N3O3/c1-2-17-8-10-19(11-9-17)22(27)25-12-14-26(15-13-25)23(28)20-16-21(29-24-20)18-6-4-3-5-7-18/h3-11,21H,2,12-16H2,1H3. The largest absolute Gasteiger partial charge is 0.387 e. The molecule has 2 aromatic carbocycles. The van der Waals surface area contributed by atoms with E-state index < -0.39 is 0 Å². The number of carbonyl (C=O) groups is 2. The lowest BCUT2D eigenvalue weighted by Crippen LogP contribution is -2.52. The molecule has 0 aliphatic carbocycles. The Morgan fingerprint density at radius 3 is 2.17 bits per heavy atom. The zero-order valence-electron chi connectivity index (χ0n) is 16.6. The number of piperazine rings is 1. The summed E-state index contributed by atoms with van der Waals surface area (Å²) in [4.78, 5) is 34.6. The molecule has 2 amide bonds. The van der Waals surface area contributed by atoms with Crippen LogP contribution in [0.25, 0.3) is 0 Å². The lowest BCUT2D eigenvalue weighted by Gasteiger charge is -2.34. The average Bonchev–Trinajstić information content (AvgIpc) is 3.29. The van der Waals surface area contributed by atoms with Crippen LogP contribution in [0.2, 0.25) is 0 Å². The van der Waals surface area contributed by atoms with E-state index >= 15 is 0 Å². The van der Waals surface area contributed by atoms with Crippen LogP contribution < -0.4 is 0 Å². The van der Waals surface area contributed by atoms with Gasteiger partial charge >= 0.3 is 0 Å². The molecular formula is C23H25N3O3. The second kappa shape index (κ2) is 8.47. The molecule has 0 radical (unpaired) electrons. The van der Waals surface area contributed by atoms with Gasteiger partial charge in [0.25, 0.3) is 11.8 Å². The molecule has 2 aliphatic rings. The van der Waals surface area contributed by atoms with Gasteiger partial charge in [0.1, 0.15) is 5.71 Å². The molecule has 2 aliphatic heterocycles. The highest BCUT2D eigenvalue weighted by atomic mass is 16.6. The molecule has 0 aromatic heterocycles. The van der Waals surface area contributed by atoms with Crippen molar-refractivity contribution in [2.24, 2.45) is 5.16 Å². The number of rotatable bonds is 4. The maximum Gasteiger partial charge on any atom is 0.271 e. The summed E-state index contributed by atoms with van der Waals surface area (Å²) in [6.07, 6.45) is 1.23. The molecule has 6 heteroatoms. The van der Waals surface area contributed by atoms with Crippen LogP contribution in [0, 0.1) is 0 Å². The van der Waals surface area contributed by atoms with E-state index in [1.165, 1.54) is 5.56 Å². The van der Waals surface area contributed by atoms with E-state index in [4.69, 9.17) is 4.84 Å². The molecule has 6 nitrogen and oxygen atoms in total. The minimum atomic E-state index is -0.205. The maximum atomic E-state index is 12.8. The van der Waals surface area contributed by atoms with Gasteiger partial charge in [0.15, 0.2) is 6.10 Å². The average molecular weight is 391 g/mol. The molecule has 2 aromatic rings. The molecule has 0 N–H and O–H groups in total. The first-order chi connectivity index (χ1) is 14.2. The summed E-state index contributed by atoms with van der Waals surface area (Å²) >= 11 is 0. The van der Waals surface area contributed by atoms with Crippen LogP contribution in [-0.4, -0.2) is 53.5 Å². The number of hydrogen-bond acceptors (Lipinski definition) is 4. The predicted octanol–water partition coefficient (Wildman–Crippen LogP) is 3.05. The van der Waals surface area contributed by atoms with Gasteiger partial charge in [-0.15, -0.1) is 0 Å². The molecule has 1 saturated heterocycles. The van der Waals surface area contributed by atoms with Crippen molar-refractivity contribution < 1.29 is 14.4 Å². The van der Waals surface area contributed by atoms with E-state index in [0.29, 0.717) is 43.9 Å². The summed E-state index contributed by atoms with van der Waals surface area (Å²) in [5.41, 5.74) is 3.38. The van der Waals surface area contributed by atoms with Crippen LogP contribution in [-0.2, 0) is 16.1 Å². The van der Waals surface area contributed by atoms with Crippen molar-refractivity contribution in [3.63, 3.8) is 0 Å². The summed E-state index contributed by atoms with van der Waals surface area (Å²) in [5.74, 6) is -0.0757. The fraction of sp³-hybridized carbons (Fsp3) is 0.348. The van der Waals surface area contributed by atoms with Crippen molar-refractivity contribution in [3.8, 4) is 0 Å². The van der Waals surface area contributed by atoms with Crippen molar-refractivity contribution in [1.82, 2.24) is 9.80 Å². The fourth-order valence-electron chi connectivity index (χ4n) is 3.71. The van der Waals surface area contributed by atoms with Gasteiger partial charge in [-0.2, -0.15) is 0 Å². The lowest BCUT2D eigenvalue weighted by atomic mass is 10.0. The summed E-state index contributed by atoms with van der Waals surface area (Å²) in [6.45, 7) is 4.15. The normalized spacial score (nSPS) is 18.9. The fourth-order valence-corrected chi connectivity index (χ4v) is 3.71. The molecule has 4 rings (SSSR count). The number of oxime groups is 1. The van der Waals surface area contributed by atoms with Crippen LogP contribution in [0.4, 0.5) is 0 Å². The number of benzene rings is 2. The Labute approximate surface area is 170 Å². The van der Waals surface area contributed by atoms with E-state index in [2.05, 4.69) is 12.1 Å². The number of aryl methyl sites for hydroxylation is 1. The molecule has 1 atom stereocenters. The first-order valence-electron chi connectivity index (χ1n) is 10.1. The summed E-state index contributed by atoms with van der Waals surface area (Å²) in [7, 11) is 0. The van der Waals surface area contributed by atoms with Crippen molar-refractivity contribution in [2.75, 3.05) is 26.2 Å². The minimum Gasteiger partial charge on any atom is -0.387 e. The Hall–Kier alpha value is -3.15. The number of amides is 2. The highest BCUT2D eigenvalue weighted by Gasteiger charge is 2.32. The van der Waals surface area contributed by atoms with Crippen molar-refractivity contribution in [3.05, 3.63) is 71.3 Å². The van der Waals surface area contributed by atoms with Gasteiger partial charge in [-0.05, 0) is 29.7 Å². The van der Waals surface area contributed by atoms with Crippen LogP contribution >= 0.6 is 0 Å². The maximum absolute atomic E-state index is 12.8. The monoisotopic (exact) mass is 391 g/mol. The SMILES string of the molecule is CCc1ccc(C(=O)N2CCN(C(=O)C3=NOC(c4ccccc4)C3)CC2)cc1. The molecule has 0 bridgehead atoms. The highest BCUT2D eigenvalue weighted by molar-refractivity contribution is 6.39. The molecule has 0 spiro atoms. The Morgan fingerprint density at radius 1 is 0.931 bits per heavy atom. The summed E-state index contributed by atoms with van der Waals surface area (Å²) < 4.78 is 0. The smallest absolute Gasteiger partial charge is 0.271 e. The third kappa shape index (κ3) is 4.16. The molecule has 2 heterocycles. The third-order valence-electron chi connectivity index (χ3n) is 5.55. The van der Waals surface area contributed by atoms with Gasteiger partial charge in [-0.1, -0.05) is 54.5 Å². The van der Waals surface area contributed by atoms with E-state index in [0.717, 1.165) is 12.0 Å². The van der Waals surface area contributed by atoms with Gasteiger partial charge in [-0.25, -0.2) is 0 Å². The summed E-state index contributed by atoms with van der Waals surface area (Å²) in [5, 5.41) is 4.03. The molecular weight excluding hydrogens is 366 g/mol. The zero-order chi connectivity index (χ0) is 20.2. The first kappa shape index (κ1) is 19.2. The Morgan fingerprint density at radius 2 is 1.55 bits per heavy atom. The Balaban J connectivity index is 1.31. The van der Waals surface area contributed by atoms with Crippen molar-refractivity contribution in [1.29, 1.82) is 0 Å². The quantitative estimate of drug-likeness (QED) is 0.805. The number of hydrogen-bond donors (Lipinski definition) is 0. The summed E-state index contributed by atoms with van der Waals surface area (Å²) in [6, 6.07) is 17.6. The zero-order valence-corrected chi connectivity index (χ0v) is 16.6. The minimum absolute atomic E-state index is 0.0189. The second-order valence-corrected chi connectivity index (χ2v) is 7.38. The number of carbonyl (C=O) groups excluding carboxylic acids is 2. The van der Waals surface area contributed by atoms with Crippen molar-refractivity contribution in [2.45, 2.75) is 25.9 Å². The highest BCUT2D eigenvalue weighted by Crippen LogP contribution is 2.27. The van der Waals surface area contributed by atoms with Crippen LogP contribution in [0.15, 0.2) is 59.8 Å². The molecule has 29 heavy (non-hydrogen) atoms. The van der Waals surface area contributed by atoms with E-state index in [9.17, 15) is 9.59 Å². The van der Waals surface area contributed by atoms with Gasteiger partial charge in [-0.3, -0.25) is 9.59 Å². The van der Waals surface area contributed by atoms with Gasteiger partial charge in [0.2, 0.25) is 0 Å². The van der Waals surface area contributed by atoms with Gasteiger partial charge in [0, 0.05) is 38.2 Å². The van der Waals surface area contributed by atoms with Gasteiger partial charge < -0.3 is 14.6 Å². The van der Waals surface area contributed by atoms with E-state index in [-0.39, 0.29) is 17.9 Å². The van der Waals surface area contributed by atoms with Crippen LogP contribution in [0.5, 0.6) is 0 Å². The Kier molecular flexibility index (Phi) is 5.60. The predicted molar refractivity (Wildman–Crippen MR) is 111 cm³/mol. The topological polar surface area (TPSA) is 62.2 Å². The number of nitrogens with zero attached hydrogens (tertiary/aromatic N) is 3. The van der Waals surface area contributed by atoms with Crippen LogP contribution in [0.1, 0.15) is 40.9 Å². The molecule has 1 unspecified atom stereocenters. The first-order valence-corrected chi connectivity index (χ1v) is 10.1. The van der Waals surface area contributed by atoms with Crippen LogP contribution in [0.3, 0.4) is 0 Å². The molecule has 150 valence electrons. The Bertz CT molecular complexity index is 901. The van der Waals surface area contributed by atoms with Crippen molar-refractivity contribution >= 4 is 17.5 Å².